The van der Waals surface area contributed by atoms with Crippen LogP contribution >= 0.6 is 0 Å². The minimum Gasteiger partial charge on any atom is -0.496 e. The van der Waals surface area contributed by atoms with Crippen molar-refractivity contribution in [3.8, 4) is 17.0 Å². The summed E-state index contributed by atoms with van der Waals surface area (Å²) < 4.78 is 7.24. The predicted octanol–water partition coefficient (Wildman–Crippen LogP) is 2.69. The largest absolute Gasteiger partial charge is 0.496 e. The van der Waals surface area contributed by atoms with E-state index in [1.165, 1.54) is 0 Å². The molecule has 1 aromatic heterocycles. The molecule has 0 unspecified atom stereocenters. The number of carbonyl (C=O) groups excluding carboxylic acids is 1. The molecule has 1 aromatic carbocycles. The molecule has 7 nitrogen and oxygen atoms in total. The molecule has 5 rings (SSSR count). The zero-order valence-corrected chi connectivity index (χ0v) is 17.2. The fourth-order valence-electron chi connectivity index (χ4n) is 5.37. The van der Waals surface area contributed by atoms with E-state index in [-0.39, 0.29) is 17.9 Å². The van der Waals surface area contributed by atoms with Gasteiger partial charge in [-0.25, -0.2) is 4.68 Å². The van der Waals surface area contributed by atoms with Gasteiger partial charge in [0.15, 0.2) is 0 Å². The maximum absolute atomic E-state index is 12.8. The minimum absolute atomic E-state index is 0.115. The second-order valence-electron chi connectivity index (χ2n) is 8.79. The molecule has 4 atom stereocenters. The van der Waals surface area contributed by atoms with E-state index in [4.69, 9.17) is 4.74 Å². The van der Waals surface area contributed by atoms with Gasteiger partial charge in [-0.15, -0.1) is 5.10 Å². The van der Waals surface area contributed by atoms with Gasteiger partial charge in [0, 0.05) is 24.6 Å². The van der Waals surface area contributed by atoms with Gasteiger partial charge in [0.05, 0.1) is 25.5 Å². The zero-order valence-electron chi connectivity index (χ0n) is 17.2. The number of benzene rings is 1. The highest BCUT2D eigenvalue weighted by molar-refractivity contribution is 5.80. The molecule has 1 amide bonds. The summed E-state index contributed by atoms with van der Waals surface area (Å²) in [4.78, 5) is 14.9. The Morgan fingerprint density at radius 2 is 1.87 bits per heavy atom. The van der Waals surface area contributed by atoms with Gasteiger partial charge in [-0.2, -0.15) is 0 Å². The Hall–Kier alpha value is -2.67. The summed E-state index contributed by atoms with van der Waals surface area (Å²) in [5.41, 5.74) is 1.62. The highest BCUT2D eigenvalue weighted by atomic mass is 16.5. The molecule has 2 heterocycles. The SMILES string of the molecule is COc1ccccc1-c1cn([C@@H]2C[C@@H]3CN(C(=O)C4CC=CC4)C[C@@H]3C[C@H]2O)nn1. The van der Waals surface area contributed by atoms with Gasteiger partial charge in [0.1, 0.15) is 11.4 Å². The molecule has 1 saturated heterocycles. The van der Waals surface area contributed by atoms with Gasteiger partial charge in [-0.05, 0) is 49.7 Å². The van der Waals surface area contributed by atoms with Crippen molar-refractivity contribution in [1.82, 2.24) is 19.9 Å². The van der Waals surface area contributed by atoms with Gasteiger partial charge in [-0.1, -0.05) is 29.5 Å². The maximum Gasteiger partial charge on any atom is 0.226 e. The van der Waals surface area contributed by atoms with E-state index >= 15 is 0 Å². The van der Waals surface area contributed by atoms with Crippen LogP contribution in [0.25, 0.3) is 11.3 Å². The quantitative estimate of drug-likeness (QED) is 0.787. The Labute approximate surface area is 176 Å². The lowest BCUT2D eigenvalue weighted by Gasteiger charge is -2.34. The van der Waals surface area contributed by atoms with E-state index in [0.29, 0.717) is 18.3 Å². The number of hydrogen-bond donors (Lipinski definition) is 1. The van der Waals surface area contributed by atoms with Crippen molar-refractivity contribution < 1.29 is 14.6 Å². The van der Waals surface area contributed by atoms with Crippen LogP contribution in [0.1, 0.15) is 31.7 Å². The van der Waals surface area contributed by atoms with Crippen molar-refractivity contribution in [2.45, 2.75) is 37.8 Å². The Morgan fingerprint density at radius 1 is 1.13 bits per heavy atom. The van der Waals surface area contributed by atoms with E-state index in [0.717, 1.165) is 49.4 Å². The van der Waals surface area contributed by atoms with Crippen LogP contribution in [0.15, 0.2) is 42.6 Å². The highest BCUT2D eigenvalue weighted by Crippen LogP contribution is 2.42. The summed E-state index contributed by atoms with van der Waals surface area (Å²) in [6, 6.07) is 7.61. The van der Waals surface area contributed by atoms with Crippen LogP contribution in [0.5, 0.6) is 5.75 Å². The van der Waals surface area contributed by atoms with Crippen molar-refractivity contribution in [2.75, 3.05) is 20.2 Å². The molecule has 2 aliphatic carbocycles. The Kier molecular flexibility index (Phi) is 5.06. The smallest absolute Gasteiger partial charge is 0.226 e. The normalized spacial score (nSPS) is 28.7. The molecule has 1 saturated carbocycles. The fraction of sp³-hybridized carbons (Fsp3) is 0.522. The van der Waals surface area contributed by atoms with Gasteiger partial charge >= 0.3 is 0 Å². The predicted molar refractivity (Wildman–Crippen MR) is 112 cm³/mol. The van der Waals surface area contributed by atoms with Crippen LogP contribution in [-0.2, 0) is 4.79 Å². The molecule has 0 radical (unpaired) electrons. The second kappa shape index (κ2) is 7.87. The van der Waals surface area contributed by atoms with Crippen LogP contribution < -0.4 is 4.74 Å². The third-order valence-electron chi connectivity index (χ3n) is 7.01. The number of ether oxygens (including phenoxy) is 1. The first-order valence-electron chi connectivity index (χ1n) is 10.8. The number of aliphatic hydroxyl groups is 1. The summed E-state index contributed by atoms with van der Waals surface area (Å²) in [6.07, 6.45) is 8.86. The monoisotopic (exact) mass is 408 g/mol. The first kappa shape index (κ1) is 19.3. The van der Waals surface area contributed by atoms with Gasteiger partial charge in [0.25, 0.3) is 0 Å². The number of carbonyl (C=O) groups is 1. The molecular formula is C23H28N4O3. The maximum atomic E-state index is 12.8. The van der Waals surface area contributed by atoms with Crippen LogP contribution in [0, 0.1) is 17.8 Å². The van der Waals surface area contributed by atoms with Gasteiger partial charge < -0.3 is 14.7 Å². The van der Waals surface area contributed by atoms with E-state index in [9.17, 15) is 9.90 Å². The summed E-state index contributed by atoms with van der Waals surface area (Å²) in [7, 11) is 1.64. The molecule has 7 heteroatoms. The molecule has 1 N–H and O–H groups in total. The Morgan fingerprint density at radius 3 is 2.63 bits per heavy atom. The van der Waals surface area contributed by atoms with E-state index < -0.39 is 6.10 Å². The van der Waals surface area contributed by atoms with E-state index in [1.807, 2.05) is 35.4 Å². The zero-order chi connectivity index (χ0) is 20.7. The van der Waals surface area contributed by atoms with E-state index in [1.54, 1.807) is 11.8 Å². The fourth-order valence-corrected chi connectivity index (χ4v) is 5.37. The number of para-hydroxylation sites is 1. The molecule has 0 bridgehead atoms. The van der Waals surface area contributed by atoms with Crippen molar-refractivity contribution in [3.05, 3.63) is 42.6 Å². The third-order valence-corrected chi connectivity index (χ3v) is 7.01. The number of amides is 1. The number of nitrogens with zero attached hydrogens (tertiary/aromatic N) is 4. The number of fused-ring (bicyclic) bond motifs is 1. The highest BCUT2D eigenvalue weighted by Gasteiger charge is 2.44. The number of aliphatic hydroxyl groups excluding tert-OH is 1. The molecule has 2 fully saturated rings. The lowest BCUT2D eigenvalue weighted by Crippen LogP contribution is -2.36. The number of allylic oxidation sites excluding steroid dienone is 2. The van der Waals surface area contributed by atoms with Crippen LogP contribution in [-0.4, -0.2) is 57.2 Å². The van der Waals surface area contributed by atoms with Crippen molar-refractivity contribution in [1.29, 1.82) is 0 Å². The lowest BCUT2D eigenvalue weighted by molar-refractivity contribution is -0.134. The van der Waals surface area contributed by atoms with Gasteiger partial charge in [-0.3, -0.25) is 4.79 Å². The number of methoxy groups -OCH3 is 1. The standard InChI is InChI=1S/C23H28N4O3/c1-30-22-9-5-4-8-18(22)19-14-27(25-24-19)20-10-16-12-26(13-17(16)11-21(20)28)23(29)15-6-2-3-7-15/h2-5,8-9,14-17,20-21,28H,6-7,10-13H2,1H3/t16-,17+,20-,21-/m1/s1. The molecule has 158 valence electrons. The third kappa shape index (κ3) is 3.41. The first-order chi connectivity index (χ1) is 14.6. The van der Waals surface area contributed by atoms with Crippen molar-refractivity contribution in [2.24, 2.45) is 17.8 Å². The van der Waals surface area contributed by atoms with Crippen molar-refractivity contribution in [3.63, 3.8) is 0 Å². The number of aromatic nitrogens is 3. The summed E-state index contributed by atoms with van der Waals surface area (Å²) >= 11 is 0. The van der Waals surface area contributed by atoms with Crippen LogP contribution in [0.2, 0.25) is 0 Å². The Bertz CT molecular complexity index is 947. The average molecular weight is 409 g/mol. The molecule has 30 heavy (non-hydrogen) atoms. The van der Waals surface area contributed by atoms with Crippen LogP contribution in [0.3, 0.4) is 0 Å². The summed E-state index contributed by atoms with van der Waals surface area (Å²) in [5, 5.41) is 19.5. The molecule has 3 aliphatic rings. The molecule has 0 spiro atoms. The molecular weight excluding hydrogens is 380 g/mol. The number of hydrogen-bond acceptors (Lipinski definition) is 5. The first-order valence-corrected chi connectivity index (χ1v) is 10.8. The number of likely N-dealkylation sites (tertiary alicyclic amines) is 1. The summed E-state index contributed by atoms with van der Waals surface area (Å²) in [5.74, 6) is 1.91. The van der Waals surface area contributed by atoms with Gasteiger partial charge in [0.2, 0.25) is 5.91 Å². The summed E-state index contributed by atoms with van der Waals surface area (Å²) in [6.45, 7) is 1.56. The molecule has 1 aliphatic heterocycles. The second-order valence-corrected chi connectivity index (χ2v) is 8.79. The average Bonchev–Trinajstić information content (AvgIpc) is 3.52. The Balaban J connectivity index is 1.30. The minimum atomic E-state index is -0.485. The molecule has 2 aromatic rings. The van der Waals surface area contributed by atoms with E-state index in [2.05, 4.69) is 22.5 Å². The van der Waals surface area contributed by atoms with Crippen molar-refractivity contribution >= 4 is 5.91 Å². The lowest BCUT2D eigenvalue weighted by atomic mass is 9.77. The van der Waals surface area contributed by atoms with Crippen LogP contribution in [0.4, 0.5) is 0 Å². The topological polar surface area (TPSA) is 80.5 Å². The number of rotatable bonds is 4.